The molecule has 2 N–H and O–H groups in total. The van der Waals surface area contributed by atoms with Crippen LogP contribution in [0, 0.1) is 24.4 Å². The molecule has 0 unspecified atom stereocenters. The molecule has 110 valence electrons. The highest BCUT2D eigenvalue weighted by Crippen LogP contribution is 2.28. The first-order valence-electron chi connectivity index (χ1n) is 6.30. The van der Waals surface area contributed by atoms with Gasteiger partial charge >= 0.3 is 0 Å². The highest BCUT2D eigenvalue weighted by atomic mass is 19.2. The van der Waals surface area contributed by atoms with Crippen molar-refractivity contribution < 1.29 is 13.2 Å². The third kappa shape index (κ3) is 1.78. The summed E-state index contributed by atoms with van der Waals surface area (Å²) in [5, 5.41) is 4.25. The largest absolute Gasteiger partial charge is 0.369 e. The van der Waals surface area contributed by atoms with Gasteiger partial charge in [0.1, 0.15) is 5.52 Å². The molecule has 0 fully saturated rings. The maximum atomic E-state index is 14.0. The van der Waals surface area contributed by atoms with Crippen molar-refractivity contribution in [3.63, 3.8) is 0 Å². The lowest BCUT2D eigenvalue weighted by Gasteiger charge is -2.09. The quantitative estimate of drug-likeness (QED) is 0.739. The zero-order chi connectivity index (χ0) is 15.3. The Bertz CT molecular complexity index is 849. The lowest BCUT2D eigenvalue weighted by Crippen LogP contribution is -2.09. The van der Waals surface area contributed by atoms with Gasteiger partial charge in [-0.15, -0.1) is 0 Å². The number of hydrogen-bond acceptors (Lipinski definition) is 3. The minimum atomic E-state index is -1.55. The predicted molar refractivity (Wildman–Crippen MR) is 71.6 cm³/mol. The summed E-state index contributed by atoms with van der Waals surface area (Å²) in [6.07, 6.45) is 0. The van der Waals surface area contributed by atoms with E-state index in [1.54, 1.807) is 11.6 Å². The van der Waals surface area contributed by atoms with Crippen molar-refractivity contribution in [3.8, 4) is 5.69 Å². The number of nitrogens with zero attached hydrogens (tertiary/aromatic N) is 4. The maximum Gasteiger partial charge on any atom is 0.207 e. The summed E-state index contributed by atoms with van der Waals surface area (Å²) in [6.45, 7) is 4.09. The smallest absolute Gasteiger partial charge is 0.207 e. The molecule has 0 bridgehead atoms. The number of aryl methyl sites for hydroxylation is 2. The van der Waals surface area contributed by atoms with Crippen LogP contribution >= 0.6 is 0 Å². The fraction of sp³-hybridized carbons (Fsp3) is 0.231. The van der Waals surface area contributed by atoms with Crippen LogP contribution in [0.1, 0.15) is 12.6 Å². The molecule has 0 aliphatic heterocycles. The van der Waals surface area contributed by atoms with Gasteiger partial charge in [-0.05, 0) is 26.0 Å². The van der Waals surface area contributed by atoms with Crippen molar-refractivity contribution in [2.75, 3.05) is 5.73 Å². The lowest BCUT2D eigenvalue weighted by atomic mass is 10.2. The first kappa shape index (κ1) is 13.5. The van der Waals surface area contributed by atoms with Gasteiger partial charge in [0.2, 0.25) is 5.95 Å². The standard InChI is InChI=1S/C13H12F3N5/c1-3-20-12-11(6(2)19-20)18-13(17)21(12)8-5-4-7(14)9(15)10(8)16/h4-5H,3H2,1-2H3,(H2,17,18). The number of nitrogens with two attached hydrogens (primary N) is 1. The molecule has 8 heteroatoms. The van der Waals surface area contributed by atoms with E-state index in [1.807, 2.05) is 6.92 Å². The molecular formula is C13H12F3N5. The van der Waals surface area contributed by atoms with Crippen LogP contribution in [0.5, 0.6) is 0 Å². The van der Waals surface area contributed by atoms with Gasteiger partial charge in [0, 0.05) is 6.54 Å². The zero-order valence-corrected chi connectivity index (χ0v) is 11.4. The minimum Gasteiger partial charge on any atom is -0.369 e. The van der Waals surface area contributed by atoms with Crippen LogP contribution in [0.2, 0.25) is 0 Å². The Morgan fingerprint density at radius 1 is 1.19 bits per heavy atom. The summed E-state index contributed by atoms with van der Waals surface area (Å²) in [4.78, 5) is 4.13. The second kappa shape index (κ2) is 4.51. The van der Waals surface area contributed by atoms with E-state index in [-0.39, 0.29) is 11.6 Å². The van der Waals surface area contributed by atoms with E-state index in [1.165, 1.54) is 4.57 Å². The van der Waals surface area contributed by atoms with Crippen molar-refractivity contribution >= 4 is 17.1 Å². The molecule has 0 saturated heterocycles. The van der Waals surface area contributed by atoms with E-state index in [9.17, 15) is 13.2 Å². The van der Waals surface area contributed by atoms with E-state index < -0.39 is 17.5 Å². The first-order valence-corrected chi connectivity index (χ1v) is 6.30. The lowest BCUT2D eigenvalue weighted by molar-refractivity contribution is 0.445. The maximum absolute atomic E-state index is 14.0. The van der Waals surface area contributed by atoms with E-state index in [4.69, 9.17) is 5.73 Å². The average molecular weight is 295 g/mol. The number of benzene rings is 1. The van der Waals surface area contributed by atoms with E-state index >= 15 is 0 Å². The summed E-state index contributed by atoms with van der Waals surface area (Å²) < 4.78 is 43.4. The zero-order valence-electron chi connectivity index (χ0n) is 11.4. The molecule has 1 aromatic carbocycles. The summed E-state index contributed by atoms with van der Waals surface area (Å²) >= 11 is 0. The molecule has 2 aromatic heterocycles. The first-order chi connectivity index (χ1) is 9.95. The third-order valence-electron chi connectivity index (χ3n) is 3.29. The molecule has 2 heterocycles. The third-order valence-corrected chi connectivity index (χ3v) is 3.29. The van der Waals surface area contributed by atoms with E-state index in [2.05, 4.69) is 10.1 Å². The molecule has 5 nitrogen and oxygen atoms in total. The fourth-order valence-electron chi connectivity index (χ4n) is 2.33. The van der Waals surface area contributed by atoms with Crippen LogP contribution in [-0.2, 0) is 6.54 Å². The molecule has 0 atom stereocenters. The molecule has 0 saturated carbocycles. The van der Waals surface area contributed by atoms with E-state index in [0.717, 1.165) is 12.1 Å². The Balaban J connectivity index is 2.40. The Kier molecular flexibility index (Phi) is 2.89. The highest BCUT2D eigenvalue weighted by Gasteiger charge is 2.22. The van der Waals surface area contributed by atoms with Crippen LogP contribution < -0.4 is 5.73 Å². The minimum absolute atomic E-state index is 0.0161. The predicted octanol–water partition coefficient (Wildman–Crippen LogP) is 2.55. The van der Waals surface area contributed by atoms with Crippen molar-refractivity contribution in [1.29, 1.82) is 0 Å². The number of anilines is 1. The Labute approximate surface area is 117 Å². The molecule has 0 amide bonds. The highest BCUT2D eigenvalue weighted by molar-refractivity contribution is 5.80. The van der Waals surface area contributed by atoms with Crippen LogP contribution in [0.15, 0.2) is 12.1 Å². The number of fused-ring (bicyclic) bond motifs is 1. The number of rotatable bonds is 2. The molecule has 3 aromatic rings. The summed E-state index contributed by atoms with van der Waals surface area (Å²) in [6, 6.07) is 1.96. The molecule has 0 spiro atoms. The van der Waals surface area contributed by atoms with Crippen molar-refractivity contribution in [3.05, 3.63) is 35.3 Å². The normalized spacial score (nSPS) is 11.5. The van der Waals surface area contributed by atoms with Crippen molar-refractivity contribution in [1.82, 2.24) is 19.3 Å². The molecule has 3 rings (SSSR count). The van der Waals surface area contributed by atoms with Gasteiger partial charge in [-0.1, -0.05) is 0 Å². The molecule has 0 radical (unpaired) electrons. The number of imidazole rings is 1. The second-order valence-corrected chi connectivity index (χ2v) is 4.57. The fourth-order valence-corrected chi connectivity index (χ4v) is 2.33. The number of aromatic nitrogens is 4. The number of nitrogen functional groups attached to an aromatic ring is 1. The van der Waals surface area contributed by atoms with Crippen LogP contribution in [0.4, 0.5) is 19.1 Å². The van der Waals surface area contributed by atoms with Gasteiger partial charge in [0.25, 0.3) is 0 Å². The number of halogens is 3. The summed E-state index contributed by atoms with van der Waals surface area (Å²) in [7, 11) is 0. The van der Waals surface area contributed by atoms with Crippen LogP contribution in [0.25, 0.3) is 16.9 Å². The van der Waals surface area contributed by atoms with Gasteiger partial charge in [0.05, 0.1) is 11.4 Å². The molecule has 0 aliphatic rings. The van der Waals surface area contributed by atoms with Gasteiger partial charge in [0.15, 0.2) is 23.1 Å². The average Bonchev–Trinajstić information content (AvgIpc) is 2.94. The molecule has 0 aliphatic carbocycles. The van der Waals surface area contributed by atoms with Gasteiger partial charge < -0.3 is 5.73 Å². The second-order valence-electron chi connectivity index (χ2n) is 4.57. The van der Waals surface area contributed by atoms with Gasteiger partial charge in [-0.2, -0.15) is 5.10 Å². The Morgan fingerprint density at radius 3 is 2.57 bits per heavy atom. The molecular weight excluding hydrogens is 283 g/mol. The van der Waals surface area contributed by atoms with Gasteiger partial charge in [-0.3, -0.25) is 4.57 Å². The van der Waals surface area contributed by atoms with Crippen molar-refractivity contribution in [2.45, 2.75) is 20.4 Å². The Morgan fingerprint density at radius 2 is 1.90 bits per heavy atom. The van der Waals surface area contributed by atoms with E-state index in [0.29, 0.717) is 23.4 Å². The molecule has 21 heavy (non-hydrogen) atoms. The van der Waals surface area contributed by atoms with Crippen molar-refractivity contribution in [2.24, 2.45) is 0 Å². The Hall–Kier alpha value is -2.51. The van der Waals surface area contributed by atoms with Gasteiger partial charge in [-0.25, -0.2) is 22.8 Å². The topological polar surface area (TPSA) is 61.7 Å². The monoisotopic (exact) mass is 295 g/mol. The summed E-state index contributed by atoms with van der Waals surface area (Å²) in [5.41, 5.74) is 7.17. The summed E-state index contributed by atoms with van der Waals surface area (Å²) in [5.74, 6) is -4.14. The number of hydrogen-bond donors (Lipinski definition) is 1. The SMILES string of the molecule is CCn1nc(C)c2nc(N)n(-c3ccc(F)c(F)c3F)c21. The van der Waals surface area contributed by atoms with Crippen LogP contribution in [-0.4, -0.2) is 19.3 Å². The van der Waals surface area contributed by atoms with Crippen LogP contribution in [0.3, 0.4) is 0 Å².